The first-order valence-electron chi connectivity index (χ1n) is 18.4. The fourth-order valence-corrected chi connectivity index (χ4v) is 7.18. The van der Waals surface area contributed by atoms with Crippen LogP contribution >= 0.6 is 0 Å². The number of carbonyl (C=O) groups is 1. The van der Waals surface area contributed by atoms with Crippen molar-refractivity contribution in [2.45, 2.75) is 129 Å². The molecule has 0 fully saturated rings. The summed E-state index contributed by atoms with van der Waals surface area (Å²) in [6.45, 7) is 28.3. The molecule has 0 aliphatic rings. The summed E-state index contributed by atoms with van der Waals surface area (Å²) >= 11 is 0. The number of benzene rings is 1. The van der Waals surface area contributed by atoms with Crippen molar-refractivity contribution in [2.24, 2.45) is 0 Å². The van der Waals surface area contributed by atoms with E-state index in [0.717, 1.165) is 22.2 Å². The lowest BCUT2D eigenvalue weighted by atomic mass is 10.0. The smallest absolute Gasteiger partial charge is 0.410 e. The van der Waals surface area contributed by atoms with Gasteiger partial charge in [-0.15, -0.1) is 0 Å². The molecule has 3 heterocycles. The van der Waals surface area contributed by atoms with E-state index in [1.54, 1.807) is 44.8 Å². The van der Waals surface area contributed by atoms with Crippen LogP contribution in [0.15, 0.2) is 54.7 Å². The summed E-state index contributed by atoms with van der Waals surface area (Å²) in [5, 5.41) is 20.5. The zero-order valence-electron chi connectivity index (χ0n) is 34.3. The third-order valence-corrected chi connectivity index (χ3v) is 19.4. The largest absolute Gasteiger partial charge is 0.496 e. The molecule has 0 bridgehead atoms. The fourth-order valence-electron chi connectivity index (χ4n) is 5.15. The van der Waals surface area contributed by atoms with Crippen molar-refractivity contribution in [3.8, 4) is 22.8 Å². The number of nitrogens with zero attached hydrogens (tertiary/aromatic N) is 4. The molecule has 290 valence electrons. The molecule has 4 rings (SSSR count). The predicted octanol–water partition coefficient (Wildman–Crippen LogP) is 9.48. The number of methoxy groups -OCH3 is 1. The average Bonchev–Trinajstić information content (AvgIpc) is 3.48. The van der Waals surface area contributed by atoms with E-state index < -0.39 is 34.1 Å². The Morgan fingerprint density at radius 1 is 0.868 bits per heavy atom. The van der Waals surface area contributed by atoms with Gasteiger partial charge in [-0.25, -0.2) is 19.4 Å². The number of rotatable bonds is 13. The number of nitrogens with one attached hydrogen (secondary N) is 1. The quantitative estimate of drug-likeness (QED) is 0.0777. The van der Waals surface area contributed by atoms with E-state index >= 15 is 0 Å². The number of hydrogen-bond acceptors (Lipinski definition) is 9. The van der Waals surface area contributed by atoms with Crippen molar-refractivity contribution in [1.82, 2.24) is 25.1 Å². The Kier molecular flexibility index (Phi) is 12.4. The molecule has 2 N–H and O–H groups in total. The van der Waals surface area contributed by atoms with Gasteiger partial charge in [0.1, 0.15) is 11.4 Å². The number of fused-ring (bicyclic) bond motifs is 1. The lowest BCUT2D eigenvalue weighted by Crippen LogP contribution is -2.48. The third-order valence-electron chi connectivity index (χ3n) is 10.4. The summed E-state index contributed by atoms with van der Waals surface area (Å²) in [6.07, 6.45) is 1.66. The van der Waals surface area contributed by atoms with Gasteiger partial charge in [0.15, 0.2) is 28.2 Å². The van der Waals surface area contributed by atoms with E-state index in [4.69, 9.17) is 33.4 Å². The molecule has 1 amide bonds. The first-order valence-corrected chi connectivity index (χ1v) is 24.2. The fraction of sp³-hybridized carbons (Fsp3) is 0.550. The summed E-state index contributed by atoms with van der Waals surface area (Å²) in [5.41, 5.74) is 0.579. The number of hydrogen-bond donors (Lipinski definition) is 2. The monoisotopic (exact) mass is 763 g/mol. The molecule has 53 heavy (non-hydrogen) atoms. The molecule has 0 aliphatic carbocycles. The van der Waals surface area contributed by atoms with Crippen LogP contribution < -0.4 is 10.1 Å². The highest BCUT2D eigenvalue weighted by molar-refractivity contribution is 6.74. The summed E-state index contributed by atoms with van der Waals surface area (Å²) in [4.78, 5) is 22.9. The molecule has 1 atom stereocenters. The van der Waals surface area contributed by atoms with Gasteiger partial charge in [-0.1, -0.05) is 53.7 Å². The Morgan fingerprint density at radius 3 is 2.13 bits per heavy atom. The molecule has 4 aromatic rings. The van der Waals surface area contributed by atoms with Gasteiger partial charge in [0, 0.05) is 18.6 Å². The van der Waals surface area contributed by atoms with E-state index in [9.17, 15) is 9.90 Å². The molecule has 0 saturated carbocycles. The maximum Gasteiger partial charge on any atom is 0.410 e. The molecule has 13 heteroatoms. The van der Waals surface area contributed by atoms with E-state index in [-0.39, 0.29) is 22.2 Å². The summed E-state index contributed by atoms with van der Waals surface area (Å²) in [6, 6.07) is 15.1. The minimum Gasteiger partial charge on any atom is -0.496 e. The van der Waals surface area contributed by atoms with Gasteiger partial charge in [-0.05, 0) is 99.9 Å². The lowest BCUT2D eigenvalue weighted by molar-refractivity contribution is -0.0295. The molecule has 0 saturated heterocycles. The second kappa shape index (κ2) is 15.6. The van der Waals surface area contributed by atoms with Crippen molar-refractivity contribution in [1.29, 1.82) is 0 Å². The minimum atomic E-state index is -2.01. The van der Waals surface area contributed by atoms with Crippen LogP contribution in [0.5, 0.6) is 5.75 Å². The van der Waals surface area contributed by atoms with Crippen molar-refractivity contribution in [3.63, 3.8) is 0 Å². The lowest BCUT2D eigenvalue weighted by Gasteiger charge is -2.36. The second-order valence-corrected chi connectivity index (χ2v) is 27.4. The zero-order chi connectivity index (χ0) is 39.6. The average molecular weight is 764 g/mol. The third kappa shape index (κ3) is 10.3. The highest BCUT2D eigenvalue weighted by atomic mass is 28.4. The molecule has 1 aromatic carbocycles. The number of alkyl carbamates (subject to hydrolysis) is 1. The van der Waals surface area contributed by atoms with Crippen LogP contribution in [0.25, 0.3) is 28.0 Å². The van der Waals surface area contributed by atoms with Gasteiger partial charge in [0.05, 0.1) is 47.9 Å². The second-order valence-electron chi connectivity index (χ2n) is 17.8. The Morgan fingerprint density at radius 2 is 1.51 bits per heavy atom. The first kappa shape index (κ1) is 42.1. The first-order chi connectivity index (χ1) is 24.4. The highest BCUT2D eigenvalue weighted by Crippen LogP contribution is 2.39. The SMILES string of the molecule is COc1cc(-c2cccc(C(O)(CCCO[Si](C)(C)C(C)(C)C)NC(=O)OC(C)(C)C)n2)cc2c1cnn2-c1cccc(CO[Si](C)(C)C(C)(C)C)n1. The topological polar surface area (TPSA) is 130 Å². The Labute approximate surface area is 318 Å². The highest BCUT2D eigenvalue weighted by Gasteiger charge is 2.39. The van der Waals surface area contributed by atoms with Crippen LogP contribution in [0.3, 0.4) is 0 Å². The number of pyridine rings is 2. The number of carbonyl (C=O) groups excluding carboxylic acids is 1. The van der Waals surface area contributed by atoms with Gasteiger partial charge in [0.2, 0.25) is 0 Å². The van der Waals surface area contributed by atoms with E-state index in [1.165, 1.54) is 0 Å². The van der Waals surface area contributed by atoms with Crippen LogP contribution in [0.1, 0.15) is 86.5 Å². The van der Waals surface area contributed by atoms with E-state index in [0.29, 0.717) is 36.9 Å². The van der Waals surface area contributed by atoms with Crippen molar-refractivity contribution in [2.75, 3.05) is 13.7 Å². The zero-order valence-corrected chi connectivity index (χ0v) is 36.3. The van der Waals surface area contributed by atoms with Crippen LogP contribution in [0, 0.1) is 0 Å². The van der Waals surface area contributed by atoms with Gasteiger partial charge in [-0.2, -0.15) is 5.10 Å². The van der Waals surface area contributed by atoms with Crippen molar-refractivity contribution >= 4 is 33.6 Å². The molecule has 3 aromatic heterocycles. The molecule has 0 spiro atoms. The maximum atomic E-state index is 13.1. The van der Waals surface area contributed by atoms with Crippen molar-refractivity contribution in [3.05, 3.63) is 66.1 Å². The maximum absolute atomic E-state index is 13.1. The minimum absolute atomic E-state index is 0.0451. The Hall–Kier alpha value is -3.63. The van der Waals surface area contributed by atoms with Crippen LogP contribution in [0.2, 0.25) is 36.3 Å². The van der Waals surface area contributed by atoms with Gasteiger partial charge >= 0.3 is 6.09 Å². The molecular formula is C40H61N5O6Si2. The van der Waals surface area contributed by atoms with Crippen LogP contribution in [-0.2, 0) is 25.9 Å². The Balaban J connectivity index is 1.70. The molecular weight excluding hydrogens is 703 g/mol. The number of ether oxygens (including phenoxy) is 2. The number of amides is 1. The van der Waals surface area contributed by atoms with Gasteiger partial charge < -0.3 is 23.4 Å². The normalized spacial score (nSPS) is 14.2. The summed E-state index contributed by atoms with van der Waals surface area (Å²) in [7, 11) is -2.37. The number of aromatic nitrogens is 4. The van der Waals surface area contributed by atoms with Gasteiger partial charge in [0.25, 0.3) is 0 Å². The van der Waals surface area contributed by atoms with Crippen LogP contribution in [-0.4, -0.2) is 66.9 Å². The molecule has 11 nitrogen and oxygen atoms in total. The molecule has 0 radical (unpaired) electrons. The van der Waals surface area contributed by atoms with Crippen molar-refractivity contribution < 1.29 is 28.2 Å². The molecule has 1 unspecified atom stereocenters. The Bertz CT molecular complexity index is 1890. The predicted molar refractivity (Wildman–Crippen MR) is 216 cm³/mol. The van der Waals surface area contributed by atoms with Crippen LogP contribution in [0.4, 0.5) is 4.79 Å². The van der Waals surface area contributed by atoms with E-state index in [1.807, 2.05) is 42.5 Å². The summed E-state index contributed by atoms with van der Waals surface area (Å²) < 4.78 is 26.0. The standard InChI is InChI=1S/C40H61N5O6Si2/c1-37(2,3)51-36(46)44-40(47,22-17-23-49-52(11,12)38(4,5)6)34-20-16-19-31(43-34)28-24-32-30(33(25-28)48-10)26-41-45(32)35-21-15-18-29(42-35)27-50-53(13,14)39(7,8)9/h15-16,18-21,24-26,47H,17,22-23,27H2,1-14H3,(H,44,46). The summed E-state index contributed by atoms with van der Waals surface area (Å²) in [5.74, 6) is 1.26. The molecule has 0 aliphatic heterocycles. The van der Waals surface area contributed by atoms with Gasteiger partial charge in [-0.3, -0.25) is 5.32 Å². The van der Waals surface area contributed by atoms with E-state index in [2.05, 4.69) is 73.0 Å². The number of aliphatic hydroxyl groups is 1.